The number of ether oxygens (including phenoxy) is 2. The second kappa shape index (κ2) is 7.58. The maximum absolute atomic E-state index is 13.1. The van der Waals surface area contributed by atoms with Crippen LogP contribution in [-0.4, -0.2) is 28.5 Å². The Morgan fingerprint density at radius 1 is 1.32 bits per heavy atom. The average Bonchev–Trinajstić information content (AvgIpc) is 3.19. The molecule has 2 aliphatic heterocycles. The number of thioether (sulfide) groups is 1. The van der Waals surface area contributed by atoms with Gasteiger partial charge in [0.05, 0.1) is 21.8 Å². The van der Waals surface area contributed by atoms with Gasteiger partial charge in [0, 0.05) is 18.1 Å². The second-order valence-corrected chi connectivity index (χ2v) is 8.65. The van der Waals surface area contributed by atoms with E-state index >= 15 is 0 Å². The van der Waals surface area contributed by atoms with E-state index in [0.29, 0.717) is 44.2 Å². The monoisotopic (exact) mass is 457 g/mol. The third kappa shape index (κ3) is 3.16. The molecule has 2 aliphatic rings. The molecule has 0 spiro atoms. The summed E-state index contributed by atoms with van der Waals surface area (Å²) in [5, 5.41) is 5.53. The topological polar surface area (TPSA) is 88.4 Å². The predicted octanol–water partition coefficient (Wildman–Crippen LogP) is 3.13. The zero-order valence-electron chi connectivity index (χ0n) is 16.7. The molecule has 0 unspecified atom stereocenters. The maximum Gasteiger partial charge on any atom is 0.325 e. The normalized spacial score (nSPS) is 16.1. The van der Waals surface area contributed by atoms with Gasteiger partial charge in [0.1, 0.15) is 0 Å². The van der Waals surface area contributed by atoms with E-state index < -0.39 is 6.17 Å². The number of aromatic nitrogens is 3. The second-order valence-electron chi connectivity index (χ2n) is 6.99. The van der Waals surface area contributed by atoms with Crippen LogP contribution in [0.5, 0.6) is 11.5 Å². The van der Waals surface area contributed by atoms with Crippen molar-refractivity contribution in [1.82, 2.24) is 10.1 Å². The van der Waals surface area contributed by atoms with Crippen LogP contribution >= 0.6 is 23.4 Å². The minimum absolute atomic E-state index is 0.0952. The number of anilines is 1. The minimum Gasteiger partial charge on any atom is -0.454 e. The van der Waals surface area contributed by atoms with E-state index in [1.54, 1.807) is 27.8 Å². The molecule has 1 N–H and O–H groups in total. The van der Waals surface area contributed by atoms with Crippen LogP contribution in [0.1, 0.15) is 25.6 Å². The number of fused-ring (bicyclic) bond motifs is 4. The van der Waals surface area contributed by atoms with Gasteiger partial charge in [0.25, 0.3) is 6.17 Å². The number of aromatic amines is 1. The van der Waals surface area contributed by atoms with Gasteiger partial charge in [0.2, 0.25) is 17.9 Å². The van der Waals surface area contributed by atoms with Gasteiger partial charge in [-0.25, -0.2) is 4.90 Å². The number of hydrogen-bond acceptors (Lipinski definition) is 6. The first kappa shape index (κ1) is 19.9. The van der Waals surface area contributed by atoms with E-state index in [1.807, 2.05) is 25.1 Å². The molecule has 3 aromatic rings. The summed E-state index contributed by atoms with van der Waals surface area (Å²) in [5.41, 5.74) is 1.87. The molecule has 1 amide bonds. The Labute approximate surface area is 186 Å². The van der Waals surface area contributed by atoms with Gasteiger partial charge in [-0.15, -0.1) is 0 Å². The number of nitrogens with zero attached hydrogens (tertiary/aromatic N) is 3. The number of amides is 1. The summed E-state index contributed by atoms with van der Waals surface area (Å²) >= 11 is 8.05. The standard InChI is InChI=1S/C21H17ClN4O4S/c1-3-31-21-23-19(28)18-12-6-4-5-7-15(12)25(11(2)27)20(26(18)24-21)13-8-16-17(9-14(13)22)30-10-29-16/h4-9,20H,3,10H2,1-2H3/p+1/t20-/m1/s1. The molecule has 10 heteroatoms. The van der Waals surface area contributed by atoms with E-state index in [1.165, 1.54) is 18.7 Å². The summed E-state index contributed by atoms with van der Waals surface area (Å²) in [5.74, 6) is 1.57. The highest BCUT2D eigenvalue weighted by Crippen LogP contribution is 2.43. The van der Waals surface area contributed by atoms with Crippen LogP contribution in [-0.2, 0) is 4.79 Å². The van der Waals surface area contributed by atoms with Gasteiger partial charge in [0.15, 0.2) is 11.5 Å². The molecule has 31 heavy (non-hydrogen) atoms. The molecule has 0 radical (unpaired) electrons. The lowest BCUT2D eigenvalue weighted by Gasteiger charge is -2.31. The number of carbonyl (C=O) groups excluding carboxylic acids is 1. The number of carbonyl (C=O) groups is 1. The van der Waals surface area contributed by atoms with Crippen molar-refractivity contribution in [3.63, 3.8) is 0 Å². The molecule has 158 valence electrons. The molecule has 0 bridgehead atoms. The predicted molar refractivity (Wildman–Crippen MR) is 116 cm³/mol. The third-order valence-corrected chi connectivity index (χ3v) is 6.22. The van der Waals surface area contributed by atoms with Gasteiger partial charge in [-0.3, -0.25) is 14.6 Å². The molecule has 5 rings (SSSR count). The molecular formula is C21H18ClN4O4S+. The molecule has 0 aliphatic carbocycles. The van der Waals surface area contributed by atoms with Crippen molar-refractivity contribution >= 4 is 35.0 Å². The van der Waals surface area contributed by atoms with Gasteiger partial charge >= 0.3 is 11.3 Å². The lowest BCUT2D eigenvalue weighted by Crippen LogP contribution is -2.60. The maximum atomic E-state index is 13.1. The number of rotatable bonds is 3. The minimum atomic E-state index is -0.775. The van der Waals surface area contributed by atoms with Crippen LogP contribution in [0.4, 0.5) is 5.69 Å². The number of H-pyrrole nitrogens is 1. The smallest absolute Gasteiger partial charge is 0.325 e. The van der Waals surface area contributed by atoms with Crippen molar-refractivity contribution in [2.75, 3.05) is 17.4 Å². The van der Waals surface area contributed by atoms with Crippen molar-refractivity contribution in [2.45, 2.75) is 25.2 Å². The van der Waals surface area contributed by atoms with Crippen LogP contribution in [0.25, 0.3) is 11.3 Å². The lowest BCUT2D eigenvalue weighted by molar-refractivity contribution is -0.763. The quantitative estimate of drug-likeness (QED) is 0.480. The van der Waals surface area contributed by atoms with Crippen molar-refractivity contribution in [3.05, 3.63) is 57.3 Å². The van der Waals surface area contributed by atoms with E-state index in [-0.39, 0.29) is 18.3 Å². The molecule has 0 saturated carbocycles. The zero-order valence-corrected chi connectivity index (χ0v) is 18.3. The van der Waals surface area contributed by atoms with Gasteiger partial charge in [-0.2, -0.15) is 0 Å². The van der Waals surface area contributed by atoms with Gasteiger partial charge in [-0.05, 0) is 28.6 Å². The largest absolute Gasteiger partial charge is 0.454 e. The van der Waals surface area contributed by atoms with Crippen LogP contribution in [0.15, 0.2) is 46.3 Å². The van der Waals surface area contributed by atoms with Crippen molar-refractivity contribution < 1.29 is 19.0 Å². The molecule has 3 heterocycles. The molecule has 8 nitrogen and oxygen atoms in total. The summed E-state index contributed by atoms with van der Waals surface area (Å²) in [7, 11) is 0. The van der Waals surface area contributed by atoms with Crippen LogP contribution < -0.4 is 24.6 Å². The SMILES string of the molecule is CCSc1n[n+]2c(c(=O)[nH]1)-c1ccccc1N(C(C)=O)[C@H]2c1cc2c(cc1Cl)OCO2. The van der Waals surface area contributed by atoms with Gasteiger partial charge in [-0.1, -0.05) is 42.4 Å². The summed E-state index contributed by atoms with van der Waals surface area (Å²) in [6, 6.07) is 10.7. The average molecular weight is 458 g/mol. The van der Waals surface area contributed by atoms with Crippen LogP contribution in [0.3, 0.4) is 0 Å². The van der Waals surface area contributed by atoms with Gasteiger partial charge < -0.3 is 9.47 Å². The van der Waals surface area contributed by atoms with Crippen molar-refractivity contribution in [3.8, 4) is 22.8 Å². The van der Waals surface area contributed by atoms with E-state index in [0.717, 1.165) is 5.75 Å². The highest BCUT2D eigenvalue weighted by Gasteiger charge is 2.46. The van der Waals surface area contributed by atoms with E-state index in [9.17, 15) is 9.59 Å². The Kier molecular flexibility index (Phi) is 4.86. The summed E-state index contributed by atoms with van der Waals surface area (Å²) in [6.07, 6.45) is -0.775. The fourth-order valence-electron chi connectivity index (χ4n) is 3.93. The zero-order chi connectivity index (χ0) is 21.7. The fourth-order valence-corrected chi connectivity index (χ4v) is 4.76. The van der Waals surface area contributed by atoms with Crippen LogP contribution in [0, 0.1) is 0 Å². The summed E-state index contributed by atoms with van der Waals surface area (Å²) < 4.78 is 12.5. The number of hydrogen-bond donors (Lipinski definition) is 1. The number of nitrogens with one attached hydrogen (secondary N) is 1. The van der Waals surface area contributed by atoms with Crippen molar-refractivity contribution in [1.29, 1.82) is 0 Å². The van der Waals surface area contributed by atoms with Crippen LogP contribution in [0.2, 0.25) is 5.02 Å². The molecule has 0 saturated heterocycles. The highest BCUT2D eigenvalue weighted by atomic mass is 35.5. The van der Waals surface area contributed by atoms with E-state index in [2.05, 4.69) is 10.1 Å². The molecule has 0 fully saturated rings. The Balaban J connectivity index is 1.84. The lowest BCUT2D eigenvalue weighted by atomic mass is 10.0. The third-order valence-electron chi connectivity index (χ3n) is 5.15. The number of para-hydroxylation sites is 1. The summed E-state index contributed by atoms with van der Waals surface area (Å²) in [4.78, 5) is 30.5. The van der Waals surface area contributed by atoms with Crippen molar-refractivity contribution in [2.24, 2.45) is 0 Å². The number of benzene rings is 2. The molecule has 1 aromatic heterocycles. The molecular weight excluding hydrogens is 440 g/mol. The molecule has 1 atom stereocenters. The fraction of sp³-hybridized carbons (Fsp3) is 0.238. The molecule has 2 aromatic carbocycles. The Hall–Kier alpha value is -3.04. The Morgan fingerprint density at radius 2 is 2.06 bits per heavy atom. The first-order valence-electron chi connectivity index (χ1n) is 9.66. The first-order valence-corrected chi connectivity index (χ1v) is 11.0. The first-order chi connectivity index (χ1) is 15.0. The highest BCUT2D eigenvalue weighted by molar-refractivity contribution is 7.99. The Morgan fingerprint density at radius 3 is 2.81 bits per heavy atom. The number of halogens is 1. The Bertz CT molecular complexity index is 1280. The van der Waals surface area contributed by atoms with E-state index in [4.69, 9.17) is 21.1 Å². The summed E-state index contributed by atoms with van der Waals surface area (Å²) in [6.45, 7) is 3.54.